The largest absolute Gasteiger partial charge is 0.345 e. The molecule has 3 heteroatoms. The summed E-state index contributed by atoms with van der Waals surface area (Å²) in [5.74, 6) is -0.0489. The summed E-state index contributed by atoms with van der Waals surface area (Å²) in [7, 11) is 0. The fourth-order valence-electron chi connectivity index (χ4n) is 2.53. The number of carbonyl (C=O) groups is 1. The Balaban J connectivity index is 1.85. The van der Waals surface area contributed by atoms with Crippen molar-refractivity contribution in [1.29, 1.82) is 0 Å². The molecule has 3 aromatic carbocycles. The first-order valence-electron chi connectivity index (χ1n) is 7.19. The van der Waals surface area contributed by atoms with Crippen molar-refractivity contribution in [2.45, 2.75) is 13.0 Å². The topological polar surface area (TPSA) is 29.1 Å². The van der Waals surface area contributed by atoms with Crippen LogP contribution in [0.25, 0.3) is 10.8 Å². The van der Waals surface area contributed by atoms with Crippen molar-refractivity contribution in [2.24, 2.45) is 0 Å². The van der Waals surface area contributed by atoms with Crippen molar-refractivity contribution in [3.05, 3.63) is 82.3 Å². The van der Waals surface area contributed by atoms with Gasteiger partial charge in [0, 0.05) is 10.0 Å². The normalized spacial score (nSPS) is 12.1. The van der Waals surface area contributed by atoms with E-state index < -0.39 is 0 Å². The summed E-state index contributed by atoms with van der Waals surface area (Å²) in [6.45, 7) is 1.99. The van der Waals surface area contributed by atoms with Gasteiger partial charge in [-0.1, -0.05) is 64.5 Å². The van der Waals surface area contributed by atoms with Crippen LogP contribution in [0.2, 0.25) is 0 Å². The molecule has 1 N–H and O–H groups in total. The zero-order valence-electron chi connectivity index (χ0n) is 12.2. The zero-order chi connectivity index (χ0) is 15.5. The van der Waals surface area contributed by atoms with Gasteiger partial charge in [0.15, 0.2) is 0 Å². The van der Waals surface area contributed by atoms with Crippen LogP contribution in [0.4, 0.5) is 0 Å². The van der Waals surface area contributed by atoms with Crippen LogP contribution in [-0.4, -0.2) is 5.91 Å². The Morgan fingerprint density at radius 3 is 2.41 bits per heavy atom. The Hall–Kier alpha value is -2.13. The number of amides is 1. The van der Waals surface area contributed by atoms with Crippen molar-refractivity contribution in [1.82, 2.24) is 5.32 Å². The number of halogens is 1. The van der Waals surface area contributed by atoms with Gasteiger partial charge in [-0.3, -0.25) is 4.79 Å². The van der Waals surface area contributed by atoms with Crippen LogP contribution in [0.3, 0.4) is 0 Å². The summed E-state index contributed by atoms with van der Waals surface area (Å²) in [5, 5.41) is 5.12. The van der Waals surface area contributed by atoms with Gasteiger partial charge in [0.25, 0.3) is 5.91 Å². The molecule has 0 aliphatic carbocycles. The van der Waals surface area contributed by atoms with Gasteiger partial charge in [-0.25, -0.2) is 0 Å². The fourth-order valence-corrected chi connectivity index (χ4v) is 2.80. The molecule has 0 spiro atoms. The van der Waals surface area contributed by atoms with Crippen LogP contribution in [-0.2, 0) is 0 Å². The summed E-state index contributed by atoms with van der Waals surface area (Å²) in [6.07, 6.45) is 0. The van der Waals surface area contributed by atoms with Crippen molar-refractivity contribution in [3.63, 3.8) is 0 Å². The Bertz CT molecular complexity index is 806. The third kappa shape index (κ3) is 3.04. The highest BCUT2D eigenvalue weighted by Gasteiger charge is 2.13. The molecule has 0 radical (unpaired) electrons. The predicted octanol–water partition coefficient (Wildman–Crippen LogP) is 5.09. The van der Waals surface area contributed by atoms with Gasteiger partial charge < -0.3 is 5.32 Å². The minimum Gasteiger partial charge on any atom is -0.345 e. The second-order valence-corrected chi connectivity index (χ2v) is 6.19. The molecule has 110 valence electrons. The standard InChI is InChI=1S/C19H16BrNO/c1-13(14-9-11-16(20)12-10-14)21-19(22)18-8-4-6-15-5-2-3-7-17(15)18/h2-13H,1H3,(H,21,22)/t13-/m0/s1. The molecule has 0 aliphatic rings. The summed E-state index contributed by atoms with van der Waals surface area (Å²) in [5.41, 5.74) is 1.79. The van der Waals surface area contributed by atoms with Crippen molar-refractivity contribution in [3.8, 4) is 0 Å². The van der Waals surface area contributed by atoms with Gasteiger partial charge in [-0.15, -0.1) is 0 Å². The van der Waals surface area contributed by atoms with Gasteiger partial charge in [0.05, 0.1) is 6.04 Å². The van der Waals surface area contributed by atoms with Crippen LogP contribution >= 0.6 is 15.9 Å². The van der Waals surface area contributed by atoms with E-state index in [4.69, 9.17) is 0 Å². The van der Waals surface area contributed by atoms with Gasteiger partial charge in [-0.2, -0.15) is 0 Å². The van der Waals surface area contributed by atoms with E-state index in [1.54, 1.807) is 0 Å². The van der Waals surface area contributed by atoms with Crippen LogP contribution < -0.4 is 5.32 Å². The molecule has 2 nitrogen and oxygen atoms in total. The average molecular weight is 354 g/mol. The Morgan fingerprint density at radius 1 is 0.955 bits per heavy atom. The molecule has 0 unspecified atom stereocenters. The van der Waals surface area contributed by atoms with Crippen LogP contribution in [0, 0.1) is 0 Å². The lowest BCUT2D eigenvalue weighted by atomic mass is 10.0. The molecular weight excluding hydrogens is 338 g/mol. The highest BCUT2D eigenvalue weighted by Crippen LogP contribution is 2.21. The molecular formula is C19H16BrNO. The van der Waals surface area contributed by atoms with Crippen molar-refractivity contribution < 1.29 is 4.79 Å². The highest BCUT2D eigenvalue weighted by molar-refractivity contribution is 9.10. The number of hydrogen-bond donors (Lipinski definition) is 1. The number of rotatable bonds is 3. The van der Waals surface area contributed by atoms with E-state index in [0.29, 0.717) is 5.56 Å². The maximum Gasteiger partial charge on any atom is 0.252 e. The first kappa shape index (κ1) is 14.8. The third-order valence-electron chi connectivity index (χ3n) is 3.75. The van der Waals surface area contributed by atoms with E-state index in [9.17, 15) is 4.79 Å². The number of hydrogen-bond acceptors (Lipinski definition) is 1. The maximum absolute atomic E-state index is 12.6. The second-order valence-electron chi connectivity index (χ2n) is 5.27. The molecule has 0 fully saturated rings. The van der Waals surface area contributed by atoms with Gasteiger partial charge in [0.1, 0.15) is 0 Å². The van der Waals surface area contributed by atoms with Gasteiger partial charge in [-0.05, 0) is 41.5 Å². The minimum atomic E-state index is -0.0489. The molecule has 1 atom stereocenters. The van der Waals surface area contributed by atoms with Crippen LogP contribution in [0.15, 0.2) is 71.2 Å². The Labute approximate surface area is 138 Å². The molecule has 0 saturated heterocycles. The van der Waals surface area contributed by atoms with E-state index in [2.05, 4.69) is 21.2 Å². The zero-order valence-corrected chi connectivity index (χ0v) is 13.8. The van der Waals surface area contributed by atoms with Crippen molar-refractivity contribution in [2.75, 3.05) is 0 Å². The van der Waals surface area contributed by atoms with E-state index in [-0.39, 0.29) is 11.9 Å². The second kappa shape index (κ2) is 6.32. The molecule has 22 heavy (non-hydrogen) atoms. The van der Waals surface area contributed by atoms with Gasteiger partial charge in [0.2, 0.25) is 0 Å². The fraction of sp³-hybridized carbons (Fsp3) is 0.105. The summed E-state index contributed by atoms with van der Waals surface area (Å²) < 4.78 is 1.03. The average Bonchev–Trinajstić information content (AvgIpc) is 2.54. The lowest BCUT2D eigenvalue weighted by Crippen LogP contribution is -2.26. The van der Waals surface area contributed by atoms with Crippen LogP contribution in [0.5, 0.6) is 0 Å². The minimum absolute atomic E-state index is 0.0421. The summed E-state index contributed by atoms with van der Waals surface area (Å²) in [4.78, 5) is 12.6. The Kier molecular flexibility index (Phi) is 4.25. The lowest BCUT2D eigenvalue weighted by molar-refractivity contribution is 0.0941. The number of benzene rings is 3. The SMILES string of the molecule is C[C@H](NC(=O)c1cccc2ccccc12)c1ccc(Br)cc1. The molecule has 3 aromatic rings. The third-order valence-corrected chi connectivity index (χ3v) is 4.28. The summed E-state index contributed by atoms with van der Waals surface area (Å²) >= 11 is 3.42. The van der Waals surface area contributed by atoms with E-state index >= 15 is 0 Å². The first-order chi connectivity index (χ1) is 10.6. The monoisotopic (exact) mass is 353 g/mol. The smallest absolute Gasteiger partial charge is 0.252 e. The molecule has 3 rings (SSSR count). The molecule has 0 saturated carbocycles. The van der Waals surface area contributed by atoms with E-state index in [0.717, 1.165) is 20.8 Å². The molecule has 0 bridgehead atoms. The number of carbonyl (C=O) groups excluding carboxylic acids is 1. The molecule has 0 aromatic heterocycles. The number of fused-ring (bicyclic) bond motifs is 1. The molecule has 0 heterocycles. The lowest BCUT2D eigenvalue weighted by Gasteiger charge is -2.15. The van der Waals surface area contributed by atoms with E-state index in [1.165, 1.54) is 0 Å². The van der Waals surface area contributed by atoms with E-state index in [1.807, 2.05) is 73.7 Å². The van der Waals surface area contributed by atoms with Crippen LogP contribution in [0.1, 0.15) is 28.9 Å². The maximum atomic E-state index is 12.6. The van der Waals surface area contributed by atoms with Crippen molar-refractivity contribution >= 4 is 32.6 Å². The number of nitrogens with one attached hydrogen (secondary N) is 1. The highest BCUT2D eigenvalue weighted by atomic mass is 79.9. The molecule has 1 amide bonds. The Morgan fingerprint density at radius 2 is 1.64 bits per heavy atom. The molecule has 0 aliphatic heterocycles. The first-order valence-corrected chi connectivity index (χ1v) is 7.98. The predicted molar refractivity (Wildman–Crippen MR) is 94.0 cm³/mol. The summed E-state index contributed by atoms with van der Waals surface area (Å²) in [6, 6.07) is 21.7. The van der Waals surface area contributed by atoms with Gasteiger partial charge >= 0.3 is 0 Å². The quantitative estimate of drug-likeness (QED) is 0.697.